The first-order chi connectivity index (χ1) is 6.59. The van der Waals surface area contributed by atoms with Gasteiger partial charge in [0, 0.05) is 13.5 Å². The first-order valence-electron chi connectivity index (χ1n) is 4.47. The number of ether oxygens (including phenoxy) is 1. The molecule has 1 aliphatic heterocycles. The molecule has 0 saturated carbocycles. The van der Waals surface area contributed by atoms with Crippen LogP contribution in [0.2, 0.25) is 0 Å². The zero-order valence-corrected chi connectivity index (χ0v) is 7.81. The summed E-state index contributed by atoms with van der Waals surface area (Å²) >= 11 is 0. The van der Waals surface area contributed by atoms with Gasteiger partial charge in [0.25, 0.3) is 5.92 Å². The summed E-state index contributed by atoms with van der Waals surface area (Å²) in [6.07, 6.45) is 0. The number of benzene rings is 1. The first-order valence-corrected chi connectivity index (χ1v) is 4.47. The minimum atomic E-state index is -2.86. The Morgan fingerprint density at radius 1 is 1.43 bits per heavy atom. The topological polar surface area (TPSA) is 21.3 Å². The van der Waals surface area contributed by atoms with Crippen molar-refractivity contribution in [2.45, 2.75) is 12.8 Å². The summed E-state index contributed by atoms with van der Waals surface area (Å²) in [5, 5.41) is 3.02. The monoisotopic (exact) mass is 199 g/mol. The molecule has 14 heavy (non-hydrogen) atoms. The van der Waals surface area contributed by atoms with E-state index in [1.165, 1.54) is 6.07 Å². The lowest BCUT2D eigenvalue weighted by Gasteiger charge is -2.23. The van der Waals surface area contributed by atoms with Gasteiger partial charge in [-0.05, 0) is 12.1 Å². The molecule has 0 bridgehead atoms. The van der Waals surface area contributed by atoms with E-state index in [4.69, 9.17) is 4.74 Å². The lowest BCUT2D eigenvalue weighted by Crippen LogP contribution is -2.21. The lowest BCUT2D eigenvalue weighted by molar-refractivity contribution is 0.0145. The summed E-state index contributed by atoms with van der Waals surface area (Å²) in [6, 6.07) is 4.74. The van der Waals surface area contributed by atoms with Crippen LogP contribution in [0.4, 0.5) is 14.5 Å². The molecule has 0 saturated heterocycles. The summed E-state index contributed by atoms with van der Waals surface area (Å²) in [7, 11) is 0. The average molecular weight is 199 g/mol. The van der Waals surface area contributed by atoms with Crippen molar-refractivity contribution in [3.8, 4) is 5.75 Å². The van der Waals surface area contributed by atoms with E-state index in [-0.39, 0.29) is 11.3 Å². The SMILES string of the molecule is CC(F)(F)c1cccc2c1OCCN2. The fraction of sp³-hybridized carbons (Fsp3) is 0.400. The summed E-state index contributed by atoms with van der Waals surface area (Å²) in [4.78, 5) is 0. The highest BCUT2D eigenvalue weighted by Crippen LogP contribution is 2.40. The Morgan fingerprint density at radius 3 is 2.93 bits per heavy atom. The molecule has 0 amide bonds. The Hall–Kier alpha value is -1.32. The van der Waals surface area contributed by atoms with Gasteiger partial charge in [-0.2, -0.15) is 0 Å². The van der Waals surface area contributed by atoms with Gasteiger partial charge in [0.15, 0.2) is 5.75 Å². The molecule has 0 aromatic heterocycles. The third-order valence-corrected chi connectivity index (χ3v) is 2.15. The Balaban J connectivity index is 2.51. The normalized spacial score (nSPS) is 15.4. The molecule has 1 N–H and O–H groups in total. The second-order valence-corrected chi connectivity index (χ2v) is 3.35. The van der Waals surface area contributed by atoms with Crippen LogP contribution < -0.4 is 10.1 Å². The number of hydrogen-bond donors (Lipinski definition) is 1. The van der Waals surface area contributed by atoms with E-state index in [1.54, 1.807) is 12.1 Å². The zero-order chi connectivity index (χ0) is 10.2. The molecule has 1 aromatic rings. The van der Waals surface area contributed by atoms with Gasteiger partial charge >= 0.3 is 0 Å². The number of hydrogen-bond acceptors (Lipinski definition) is 2. The average Bonchev–Trinajstić information content (AvgIpc) is 2.15. The zero-order valence-electron chi connectivity index (χ0n) is 7.81. The van der Waals surface area contributed by atoms with Gasteiger partial charge in [0.2, 0.25) is 0 Å². The number of rotatable bonds is 1. The highest BCUT2D eigenvalue weighted by Gasteiger charge is 2.30. The molecule has 0 spiro atoms. The molecule has 76 valence electrons. The van der Waals surface area contributed by atoms with Crippen LogP contribution in [0.1, 0.15) is 12.5 Å². The van der Waals surface area contributed by atoms with Gasteiger partial charge in [0.05, 0.1) is 11.3 Å². The van der Waals surface area contributed by atoms with Crippen molar-refractivity contribution in [2.24, 2.45) is 0 Å². The third kappa shape index (κ3) is 1.52. The van der Waals surface area contributed by atoms with Crippen molar-refractivity contribution in [1.82, 2.24) is 0 Å². The fourth-order valence-corrected chi connectivity index (χ4v) is 1.52. The maximum absolute atomic E-state index is 13.1. The molecule has 0 aliphatic carbocycles. The van der Waals surface area contributed by atoms with Crippen LogP contribution >= 0.6 is 0 Å². The molecule has 2 rings (SSSR count). The van der Waals surface area contributed by atoms with E-state index in [0.717, 1.165) is 6.92 Å². The van der Waals surface area contributed by atoms with Crippen LogP contribution in [0.25, 0.3) is 0 Å². The first kappa shape index (κ1) is 9.24. The largest absolute Gasteiger partial charge is 0.489 e. The molecular weight excluding hydrogens is 188 g/mol. The van der Waals surface area contributed by atoms with Crippen LogP contribution in [0.3, 0.4) is 0 Å². The number of nitrogens with one attached hydrogen (secondary N) is 1. The Morgan fingerprint density at radius 2 is 2.21 bits per heavy atom. The number of anilines is 1. The summed E-state index contributed by atoms with van der Waals surface area (Å²) < 4.78 is 31.5. The molecule has 0 unspecified atom stereocenters. The molecule has 0 radical (unpaired) electrons. The molecule has 2 nitrogen and oxygen atoms in total. The quantitative estimate of drug-likeness (QED) is 0.750. The van der Waals surface area contributed by atoms with Crippen molar-refractivity contribution in [3.63, 3.8) is 0 Å². The Labute approximate surface area is 80.9 Å². The van der Waals surface area contributed by atoms with Crippen molar-refractivity contribution < 1.29 is 13.5 Å². The van der Waals surface area contributed by atoms with E-state index < -0.39 is 5.92 Å². The highest BCUT2D eigenvalue weighted by molar-refractivity contribution is 5.62. The van der Waals surface area contributed by atoms with Crippen LogP contribution in [0.5, 0.6) is 5.75 Å². The molecule has 1 aliphatic rings. The predicted molar refractivity (Wildman–Crippen MR) is 50.0 cm³/mol. The van der Waals surface area contributed by atoms with Crippen molar-refractivity contribution >= 4 is 5.69 Å². The van der Waals surface area contributed by atoms with Gasteiger partial charge in [-0.1, -0.05) is 6.07 Å². The smallest absolute Gasteiger partial charge is 0.274 e. The second kappa shape index (κ2) is 3.12. The minimum Gasteiger partial charge on any atom is -0.489 e. The molecule has 0 fully saturated rings. The Bertz CT molecular complexity index is 346. The van der Waals surface area contributed by atoms with E-state index >= 15 is 0 Å². The molecular formula is C10H11F2NO. The summed E-state index contributed by atoms with van der Waals surface area (Å²) in [5.74, 6) is -2.57. The summed E-state index contributed by atoms with van der Waals surface area (Å²) in [5.41, 5.74) is 0.595. The summed E-state index contributed by atoms with van der Waals surface area (Å²) in [6.45, 7) is 1.96. The van der Waals surface area contributed by atoms with Crippen LogP contribution in [-0.4, -0.2) is 13.2 Å². The highest BCUT2D eigenvalue weighted by atomic mass is 19.3. The van der Waals surface area contributed by atoms with Gasteiger partial charge in [-0.3, -0.25) is 0 Å². The second-order valence-electron chi connectivity index (χ2n) is 3.35. The number of fused-ring (bicyclic) bond motifs is 1. The standard InChI is InChI=1S/C10H11F2NO/c1-10(11,12)7-3-2-4-8-9(7)14-6-5-13-8/h2-4,13H,5-6H2,1H3. The van der Waals surface area contributed by atoms with E-state index in [1.807, 2.05) is 0 Å². The van der Waals surface area contributed by atoms with Crippen molar-refractivity contribution in [2.75, 3.05) is 18.5 Å². The van der Waals surface area contributed by atoms with Crippen molar-refractivity contribution in [3.05, 3.63) is 23.8 Å². The number of para-hydroxylation sites is 1. The van der Waals surface area contributed by atoms with Crippen LogP contribution in [0.15, 0.2) is 18.2 Å². The lowest BCUT2D eigenvalue weighted by atomic mass is 10.1. The van der Waals surface area contributed by atoms with E-state index in [0.29, 0.717) is 18.8 Å². The fourth-order valence-electron chi connectivity index (χ4n) is 1.52. The van der Waals surface area contributed by atoms with Crippen molar-refractivity contribution in [1.29, 1.82) is 0 Å². The predicted octanol–water partition coefficient (Wildman–Crippen LogP) is 2.60. The van der Waals surface area contributed by atoms with E-state index in [2.05, 4.69) is 5.32 Å². The van der Waals surface area contributed by atoms with Crippen LogP contribution in [-0.2, 0) is 5.92 Å². The third-order valence-electron chi connectivity index (χ3n) is 2.15. The Kier molecular flexibility index (Phi) is 2.06. The van der Waals surface area contributed by atoms with E-state index in [9.17, 15) is 8.78 Å². The van der Waals surface area contributed by atoms with Gasteiger partial charge in [0.1, 0.15) is 6.61 Å². The number of halogens is 2. The maximum Gasteiger partial charge on any atom is 0.274 e. The van der Waals surface area contributed by atoms with Gasteiger partial charge in [-0.15, -0.1) is 0 Å². The maximum atomic E-state index is 13.1. The molecule has 0 atom stereocenters. The molecule has 1 heterocycles. The molecule has 1 aromatic carbocycles. The minimum absolute atomic E-state index is 0.0535. The van der Waals surface area contributed by atoms with Gasteiger partial charge < -0.3 is 10.1 Å². The van der Waals surface area contributed by atoms with Gasteiger partial charge in [-0.25, -0.2) is 8.78 Å². The van der Waals surface area contributed by atoms with Crippen LogP contribution in [0, 0.1) is 0 Å². The number of alkyl halides is 2. The molecule has 4 heteroatoms.